The Kier molecular flexibility index (Phi) is 10.5. The van der Waals surface area contributed by atoms with Crippen molar-refractivity contribution in [2.75, 3.05) is 29.9 Å². The van der Waals surface area contributed by atoms with Gasteiger partial charge in [-0.2, -0.15) is 35.7 Å². The van der Waals surface area contributed by atoms with Crippen LogP contribution in [0.5, 0.6) is 5.75 Å². The van der Waals surface area contributed by atoms with Crippen LogP contribution in [0.2, 0.25) is 0 Å². The largest absolute Gasteiger partial charge is 0.480 e. The summed E-state index contributed by atoms with van der Waals surface area (Å²) in [4.78, 5) is 6.68. The van der Waals surface area contributed by atoms with E-state index in [0.717, 1.165) is 74.8 Å². The van der Waals surface area contributed by atoms with Crippen LogP contribution in [0.25, 0.3) is 5.65 Å². The van der Waals surface area contributed by atoms with Crippen LogP contribution < -0.4 is 15.0 Å². The lowest BCUT2D eigenvalue weighted by Crippen LogP contribution is -2.38. The van der Waals surface area contributed by atoms with Crippen LogP contribution in [0.15, 0.2) is 18.2 Å². The van der Waals surface area contributed by atoms with Gasteiger partial charge < -0.3 is 15.0 Å². The maximum Gasteiger partial charge on any atom is 0.433 e. The third-order valence-electron chi connectivity index (χ3n) is 8.70. The molecular formula is C30H40F6N6OS. The van der Waals surface area contributed by atoms with E-state index in [1.807, 2.05) is 6.92 Å². The number of alkyl halides is 6. The van der Waals surface area contributed by atoms with Gasteiger partial charge in [-0.25, -0.2) is 4.52 Å². The molecule has 244 valence electrons. The maximum absolute atomic E-state index is 13.9. The lowest BCUT2D eigenvalue weighted by Gasteiger charge is -2.31. The summed E-state index contributed by atoms with van der Waals surface area (Å²) < 4.78 is 90.2. The first kappa shape index (κ1) is 32.6. The number of aromatic nitrogens is 4. The fourth-order valence-electron chi connectivity index (χ4n) is 6.48. The Bertz CT molecular complexity index is 1360. The summed E-state index contributed by atoms with van der Waals surface area (Å²) in [7, 11) is 0. The molecule has 7 nitrogen and oxygen atoms in total. The van der Waals surface area contributed by atoms with Crippen molar-refractivity contribution < 1.29 is 31.1 Å². The molecule has 2 bridgehead atoms. The smallest absolute Gasteiger partial charge is 0.433 e. The summed E-state index contributed by atoms with van der Waals surface area (Å²) in [6.07, 6.45) is 3.74. The van der Waals surface area contributed by atoms with E-state index in [0.29, 0.717) is 16.5 Å². The van der Waals surface area contributed by atoms with Crippen LogP contribution in [-0.4, -0.2) is 50.9 Å². The summed E-state index contributed by atoms with van der Waals surface area (Å²) in [6.45, 7) is 2.03. The van der Waals surface area contributed by atoms with E-state index in [-0.39, 0.29) is 17.9 Å². The van der Waals surface area contributed by atoms with E-state index in [9.17, 15) is 26.3 Å². The first-order valence-corrected chi connectivity index (χ1v) is 16.3. The van der Waals surface area contributed by atoms with Gasteiger partial charge in [-0.05, 0) is 74.2 Å². The van der Waals surface area contributed by atoms with Gasteiger partial charge in [-0.3, -0.25) is 0 Å². The molecular weight excluding hydrogens is 606 g/mol. The van der Waals surface area contributed by atoms with E-state index in [2.05, 4.69) is 30.7 Å². The minimum Gasteiger partial charge on any atom is -0.480 e. The van der Waals surface area contributed by atoms with E-state index in [1.54, 1.807) is 0 Å². The lowest BCUT2D eigenvalue weighted by atomic mass is 9.88. The van der Waals surface area contributed by atoms with Crippen molar-refractivity contribution in [3.8, 4) is 5.75 Å². The van der Waals surface area contributed by atoms with Crippen molar-refractivity contribution in [3.05, 3.63) is 29.6 Å². The number of nitrogens with one attached hydrogen (secondary N) is 1. The van der Waals surface area contributed by atoms with Crippen LogP contribution in [-0.2, 0) is 6.18 Å². The third-order valence-corrected chi connectivity index (χ3v) is 9.64. The fourth-order valence-corrected chi connectivity index (χ4v) is 7.26. The van der Waals surface area contributed by atoms with Gasteiger partial charge in [0.1, 0.15) is 10.7 Å². The Labute approximate surface area is 257 Å². The number of rotatable bonds is 5. The van der Waals surface area contributed by atoms with E-state index in [4.69, 9.17) is 4.74 Å². The Balaban J connectivity index is 1.46. The Morgan fingerprint density at radius 1 is 0.909 bits per heavy atom. The minimum atomic E-state index is -4.79. The van der Waals surface area contributed by atoms with E-state index >= 15 is 0 Å². The highest BCUT2D eigenvalue weighted by Gasteiger charge is 2.37. The summed E-state index contributed by atoms with van der Waals surface area (Å²) in [6, 6.07) is 3.51. The van der Waals surface area contributed by atoms with Gasteiger partial charge >= 0.3 is 12.4 Å². The minimum absolute atomic E-state index is 0.0533. The number of hydrogen-bond acceptors (Lipinski definition) is 7. The number of nitrogens with zero attached hydrogens (tertiary/aromatic N) is 5. The van der Waals surface area contributed by atoms with Gasteiger partial charge in [0.2, 0.25) is 5.95 Å². The number of anilines is 2. The van der Waals surface area contributed by atoms with E-state index in [1.165, 1.54) is 43.6 Å². The second-order valence-electron chi connectivity index (χ2n) is 12.2. The number of hydrogen-bond donors (Lipinski definition) is 1. The molecule has 1 saturated heterocycles. The maximum atomic E-state index is 13.9. The molecule has 1 aliphatic heterocycles. The monoisotopic (exact) mass is 646 g/mol. The van der Waals surface area contributed by atoms with Crippen molar-refractivity contribution in [1.29, 1.82) is 0 Å². The van der Waals surface area contributed by atoms with Crippen molar-refractivity contribution in [3.63, 3.8) is 0 Å². The number of halogens is 6. The Morgan fingerprint density at radius 2 is 1.61 bits per heavy atom. The molecule has 0 amide bonds. The first-order chi connectivity index (χ1) is 21.0. The quantitative estimate of drug-likeness (QED) is 0.280. The molecule has 3 unspecified atom stereocenters. The lowest BCUT2D eigenvalue weighted by molar-refractivity contribution is -0.153. The third kappa shape index (κ3) is 8.69. The molecule has 0 spiro atoms. The van der Waals surface area contributed by atoms with Crippen LogP contribution in [0.4, 0.5) is 37.3 Å². The summed E-state index contributed by atoms with van der Waals surface area (Å²) in [5.74, 6) is 0.218. The van der Waals surface area contributed by atoms with Crippen molar-refractivity contribution in [1.82, 2.24) is 19.0 Å². The standard InChI is InChI=1S/C30H40F6N6OS/c1-20-16-26(44-40-20)41-17-21-10-8-6-4-2-3-5-7-9-11-23(22(18-41)13-12-21)37-28-38-27-24(43-19-29(31,32)33)14-15-25(30(34,35)36)42(27)39-28/h14-16,21-23H,2-13,17-19H2,1H3,(H,37,39). The van der Waals surface area contributed by atoms with Gasteiger partial charge in [0.15, 0.2) is 18.0 Å². The molecule has 3 aromatic rings. The van der Waals surface area contributed by atoms with Gasteiger partial charge in [-0.15, -0.1) is 5.10 Å². The molecule has 14 heteroatoms. The fraction of sp³-hybridized carbons (Fsp3) is 0.700. The second-order valence-corrected chi connectivity index (χ2v) is 13.0. The van der Waals surface area contributed by atoms with Crippen molar-refractivity contribution >= 4 is 28.1 Å². The summed E-state index contributed by atoms with van der Waals surface area (Å²) in [5, 5.41) is 8.59. The highest BCUT2D eigenvalue weighted by molar-refractivity contribution is 7.10. The molecule has 2 aliphatic rings. The van der Waals surface area contributed by atoms with Gasteiger partial charge in [-0.1, -0.05) is 51.4 Å². The van der Waals surface area contributed by atoms with Crippen LogP contribution in [0.1, 0.15) is 88.4 Å². The molecule has 0 radical (unpaired) electrons. The zero-order valence-electron chi connectivity index (χ0n) is 24.9. The highest BCUT2D eigenvalue weighted by Crippen LogP contribution is 2.36. The average molecular weight is 647 g/mol. The van der Waals surface area contributed by atoms with Gasteiger partial charge in [0.05, 0.1) is 5.69 Å². The molecule has 3 atom stereocenters. The first-order valence-electron chi connectivity index (χ1n) is 15.6. The molecule has 1 saturated carbocycles. The molecule has 0 aromatic carbocycles. The predicted molar refractivity (Wildman–Crippen MR) is 158 cm³/mol. The molecule has 3 aromatic heterocycles. The van der Waals surface area contributed by atoms with Crippen molar-refractivity contribution in [2.24, 2.45) is 11.8 Å². The molecule has 4 heterocycles. The predicted octanol–water partition coefficient (Wildman–Crippen LogP) is 8.68. The highest BCUT2D eigenvalue weighted by atomic mass is 32.1. The topological polar surface area (TPSA) is 67.6 Å². The van der Waals surface area contributed by atoms with Crippen LogP contribution in [0.3, 0.4) is 0 Å². The van der Waals surface area contributed by atoms with Crippen molar-refractivity contribution in [2.45, 2.75) is 102 Å². The van der Waals surface area contributed by atoms with Gasteiger partial charge in [0.25, 0.3) is 0 Å². The van der Waals surface area contributed by atoms with Crippen LogP contribution >= 0.6 is 11.5 Å². The molecule has 1 aliphatic carbocycles. The summed E-state index contributed by atoms with van der Waals surface area (Å²) >= 11 is 1.49. The average Bonchev–Trinajstić information content (AvgIpc) is 3.51. The second kappa shape index (κ2) is 14.1. The Morgan fingerprint density at radius 3 is 2.27 bits per heavy atom. The number of fused-ring (bicyclic) bond motifs is 4. The Hall–Kier alpha value is -2.77. The SMILES string of the molecule is Cc1cc(N2CC3CCCCCCCCCCC(Nc4nc5c(OCC(F)(F)F)ccc(C(F)(F)F)n5n4)C(CC3)C2)sn1. The molecule has 1 N–H and O–H groups in total. The molecule has 5 rings (SSSR count). The zero-order valence-corrected chi connectivity index (χ0v) is 25.7. The summed E-state index contributed by atoms with van der Waals surface area (Å²) in [5.41, 5.74) is -0.581. The van der Waals surface area contributed by atoms with Crippen LogP contribution in [0, 0.1) is 18.8 Å². The number of aryl methyl sites for hydroxylation is 1. The van der Waals surface area contributed by atoms with Gasteiger partial charge in [0, 0.05) is 19.1 Å². The molecule has 44 heavy (non-hydrogen) atoms. The number of ether oxygens (including phenoxy) is 1. The van der Waals surface area contributed by atoms with E-state index < -0.39 is 36.1 Å². The normalized spacial score (nSPS) is 23.2. The number of pyridine rings is 1. The molecule has 2 fully saturated rings. The zero-order chi connectivity index (χ0) is 31.3.